The summed E-state index contributed by atoms with van der Waals surface area (Å²) in [6, 6.07) is 14.1. The number of hydrogen-bond donors (Lipinski definition) is 2. The molecule has 0 saturated heterocycles. The third kappa shape index (κ3) is 3.16. The summed E-state index contributed by atoms with van der Waals surface area (Å²) in [5.41, 5.74) is 0.907. The van der Waals surface area contributed by atoms with Gasteiger partial charge in [-0.15, -0.1) is 0 Å². The van der Waals surface area contributed by atoms with Crippen molar-refractivity contribution in [3.63, 3.8) is 0 Å². The van der Waals surface area contributed by atoms with E-state index in [2.05, 4.69) is 5.32 Å². The average molecular weight is 319 g/mol. The van der Waals surface area contributed by atoms with Gasteiger partial charge in [-0.25, -0.2) is 8.42 Å². The van der Waals surface area contributed by atoms with E-state index in [0.717, 1.165) is 16.3 Å². The van der Waals surface area contributed by atoms with Gasteiger partial charge in [-0.2, -0.15) is 0 Å². The monoisotopic (exact) mass is 319 g/mol. The summed E-state index contributed by atoms with van der Waals surface area (Å²) in [4.78, 5) is 0. The maximum Gasteiger partial charge on any atom is 0.150 e. The fourth-order valence-corrected chi connectivity index (χ4v) is 4.17. The normalized spacial score (nSPS) is 23.2. The molecule has 2 aromatic carbocycles. The van der Waals surface area contributed by atoms with E-state index in [1.165, 1.54) is 6.26 Å². The van der Waals surface area contributed by atoms with Crippen LogP contribution in [0.15, 0.2) is 42.5 Å². The van der Waals surface area contributed by atoms with Gasteiger partial charge in [0.1, 0.15) is 9.84 Å². The van der Waals surface area contributed by atoms with E-state index in [0.29, 0.717) is 19.4 Å². The van der Waals surface area contributed by atoms with E-state index >= 15 is 0 Å². The molecule has 1 fully saturated rings. The molecule has 1 atom stereocenters. The lowest BCUT2D eigenvalue weighted by Crippen LogP contribution is -2.48. The molecule has 0 aliphatic heterocycles. The van der Waals surface area contributed by atoms with Crippen molar-refractivity contribution < 1.29 is 13.5 Å². The molecule has 1 aliphatic carbocycles. The standard InChI is InChI=1S/C17H21NO3S/c1-22(20,21)14-9-13(10-14)18-11-17(19)16-8-4-6-12-5-2-3-7-15(12)16/h2-8,13-14,17-19H,9-11H2,1H3/t13?,14?,17-/m0/s1. The minimum absolute atomic E-state index is 0.185. The van der Waals surface area contributed by atoms with Crippen LogP contribution in [0.5, 0.6) is 0 Å². The Labute approximate surface area is 131 Å². The van der Waals surface area contributed by atoms with E-state index in [9.17, 15) is 13.5 Å². The van der Waals surface area contributed by atoms with Crippen LogP contribution in [0.1, 0.15) is 24.5 Å². The highest BCUT2D eigenvalue weighted by atomic mass is 32.2. The summed E-state index contributed by atoms with van der Waals surface area (Å²) in [7, 11) is -2.92. The predicted octanol–water partition coefficient (Wildman–Crippen LogP) is 2.04. The number of aliphatic hydroxyl groups excluding tert-OH is 1. The van der Waals surface area contributed by atoms with E-state index in [4.69, 9.17) is 0 Å². The van der Waals surface area contributed by atoms with Crippen molar-refractivity contribution in [2.75, 3.05) is 12.8 Å². The Kier molecular flexibility index (Phi) is 4.21. The van der Waals surface area contributed by atoms with Crippen LogP contribution < -0.4 is 5.32 Å². The van der Waals surface area contributed by atoms with Gasteiger partial charge in [0.2, 0.25) is 0 Å². The molecule has 0 bridgehead atoms. The van der Waals surface area contributed by atoms with E-state index < -0.39 is 15.9 Å². The van der Waals surface area contributed by atoms with Gasteiger partial charge in [-0.05, 0) is 29.2 Å². The minimum Gasteiger partial charge on any atom is -0.387 e. The highest BCUT2D eigenvalue weighted by Crippen LogP contribution is 2.28. The topological polar surface area (TPSA) is 66.4 Å². The van der Waals surface area contributed by atoms with Gasteiger partial charge in [-0.1, -0.05) is 42.5 Å². The van der Waals surface area contributed by atoms with Crippen LogP contribution in [0.25, 0.3) is 10.8 Å². The molecule has 0 spiro atoms. The summed E-state index contributed by atoms with van der Waals surface area (Å²) in [5.74, 6) is 0. The third-order valence-electron chi connectivity index (χ3n) is 4.48. The maximum atomic E-state index is 11.4. The number of benzene rings is 2. The van der Waals surface area contributed by atoms with Gasteiger partial charge >= 0.3 is 0 Å². The number of rotatable bonds is 5. The van der Waals surface area contributed by atoms with Crippen molar-refractivity contribution in [2.24, 2.45) is 0 Å². The molecule has 0 radical (unpaired) electrons. The van der Waals surface area contributed by atoms with E-state index in [-0.39, 0.29) is 11.3 Å². The molecule has 0 amide bonds. The zero-order valence-electron chi connectivity index (χ0n) is 12.6. The molecule has 22 heavy (non-hydrogen) atoms. The first-order chi connectivity index (χ1) is 10.4. The van der Waals surface area contributed by atoms with Gasteiger partial charge in [0.15, 0.2) is 0 Å². The van der Waals surface area contributed by atoms with Crippen molar-refractivity contribution in [2.45, 2.75) is 30.2 Å². The van der Waals surface area contributed by atoms with Gasteiger partial charge in [0, 0.05) is 18.8 Å². The van der Waals surface area contributed by atoms with E-state index in [1.807, 2.05) is 42.5 Å². The molecule has 5 heteroatoms. The second-order valence-corrected chi connectivity index (χ2v) is 8.44. The highest BCUT2D eigenvalue weighted by Gasteiger charge is 2.36. The second-order valence-electron chi connectivity index (χ2n) is 6.11. The van der Waals surface area contributed by atoms with Crippen molar-refractivity contribution in [1.82, 2.24) is 5.32 Å². The molecule has 3 rings (SSSR count). The maximum absolute atomic E-state index is 11.4. The first-order valence-corrected chi connectivity index (χ1v) is 9.48. The molecule has 118 valence electrons. The largest absolute Gasteiger partial charge is 0.387 e. The van der Waals surface area contributed by atoms with Crippen LogP contribution in [0.2, 0.25) is 0 Å². The van der Waals surface area contributed by atoms with Crippen LogP contribution in [0.4, 0.5) is 0 Å². The molecule has 2 N–H and O–H groups in total. The lowest BCUT2D eigenvalue weighted by molar-refractivity contribution is 0.163. The predicted molar refractivity (Wildman–Crippen MR) is 88.6 cm³/mol. The van der Waals surface area contributed by atoms with Crippen LogP contribution in [0.3, 0.4) is 0 Å². The lowest BCUT2D eigenvalue weighted by atomic mass is 9.91. The molecule has 0 unspecified atom stereocenters. The van der Waals surface area contributed by atoms with Gasteiger partial charge in [0.05, 0.1) is 11.4 Å². The Hall–Kier alpha value is -1.43. The van der Waals surface area contributed by atoms with Crippen LogP contribution >= 0.6 is 0 Å². The average Bonchev–Trinajstić information content (AvgIpc) is 2.43. The molecular formula is C17H21NO3S. The molecular weight excluding hydrogens is 298 g/mol. The van der Waals surface area contributed by atoms with Crippen LogP contribution in [0, 0.1) is 0 Å². The fourth-order valence-electron chi connectivity index (χ4n) is 3.01. The van der Waals surface area contributed by atoms with Crippen molar-refractivity contribution in [3.8, 4) is 0 Å². The van der Waals surface area contributed by atoms with Crippen LogP contribution in [-0.4, -0.2) is 37.6 Å². The van der Waals surface area contributed by atoms with Crippen molar-refractivity contribution >= 4 is 20.6 Å². The summed E-state index contributed by atoms with van der Waals surface area (Å²) in [6.07, 6.45) is 1.98. The van der Waals surface area contributed by atoms with Gasteiger partial charge in [-0.3, -0.25) is 0 Å². The summed E-state index contributed by atoms with van der Waals surface area (Å²) >= 11 is 0. The molecule has 4 nitrogen and oxygen atoms in total. The Morgan fingerprint density at radius 2 is 1.86 bits per heavy atom. The lowest BCUT2D eigenvalue weighted by Gasteiger charge is -2.35. The van der Waals surface area contributed by atoms with Crippen LogP contribution in [-0.2, 0) is 9.84 Å². The second kappa shape index (κ2) is 5.99. The Balaban J connectivity index is 1.62. The van der Waals surface area contributed by atoms with Crippen molar-refractivity contribution in [1.29, 1.82) is 0 Å². The number of nitrogens with one attached hydrogen (secondary N) is 1. The zero-order valence-corrected chi connectivity index (χ0v) is 13.4. The quantitative estimate of drug-likeness (QED) is 0.885. The molecule has 0 aromatic heterocycles. The zero-order chi connectivity index (χ0) is 15.7. The number of sulfone groups is 1. The summed E-state index contributed by atoms with van der Waals surface area (Å²) < 4.78 is 22.8. The highest BCUT2D eigenvalue weighted by molar-refractivity contribution is 7.91. The first-order valence-electron chi connectivity index (χ1n) is 7.53. The molecule has 1 saturated carbocycles. The molecule has 1 aliphatic rings. The van der Waals surface area contributed by atoms with Gasteiger partial charge < -0.3 is 10.4 Å². The minimum atomic E-state index is -2.92. The van der Waals surface area contributed by atoms with Crippen molar-refractivity contribution in [3.05, 3.63) is 48.0 Å². The Bertz CT molecular complexity index is 761. The smallest absolute Gasteiger partial charge is 0.150 e. The summed E-state index contributed by atoms with van der Waals surface area (Å²) in [5, 5.41) is 15.6. The Morgan fingerprint density at radius 3 is 2.59 bits per heavy atom. The number of aliphatic hydroxyl groups is 1. The third-order valence-corrected chi connectivity index (χ3v) is 6.08. The Morgan fingerprint density at radius 1 is 1.18 bits per heavy atom. The number of fused-ring (bicyclic) bond motifs is 1. The number of hydrogen-bond acceptors (Lipinski definition) is 4. The molecule has 2 aromatic rings. The summed E-state index contributed by atoms with van der Waals surface area (Å²) in [6.45, 7) is 0.440. The SMILES string of the molecule is CS(=O)(=O)C1CC(NC[C@H](O)c2cccc3ccccc23)C1. The fraction of sp³-hybridized carbons (Fsp3) is 0.412. The molecule has 0 heterocycles. The van der Waals surface area contributed by atoms with Gasteiger partial charge in [0.25, 0.3) is 0 Å². The first kappa shape index (κ1) is 15.5. The van der Waals surface area contributed by atoms with E-state index in [1.54, 1.807) is 0 Å².